The summed E-state index contributed by atoms with van der Waals surface area (Å²) in [5, 5.41) is 6.46. The molecule has 3 N–H and O–H groups in total. The van der Waals surface area contributed by atoms with E-state index in [4.69, 9.17) is 5.73 Å². The van der Waals surface area contributed by atoms with Gasteiger partial charge in [-0.25, -0.2) is 0 Å². The van der Waals surface area contributed by atoms with Crippen LogP contribution in [0.1, 0.15) is 6.42 Å². The van der Waals surface area contributed by atoms with Gasteiger partial charge >= 0.3 is 0 Å². The number of hydrogen-bond acceptors (Lipinski definition) is 3. The highest BCUT2D eigenvalue weighted by atomic mass is 32.1. The largest absolute Gasteiger partial charge is 0.324 e. The Morgan fingerprint density at radius 3 is 3.15 bits per heavy atom. The van der Waals surface area contributed by atoms with Gasteiger partial charge in [-0.05, 0) is 17.9 Å². The molecule has 1 rings (SSSR count). The summed E-state index contributed by atoms with van der Waals surface area (Å²) in [4.78, 5) is 11.3. The average molecular weight is 196 g/mol. The molecule has 1 atom stereocenters. The number of nitrogens with two attached hydrogens (primary N) is 1. The molecular formula is C9H12N2OS. The van der Waals surface area contributed by atoms with Crippen LogP contribution < -0.4 is 11.1 Å². The molecule has 0 aliphatic heterocycles. The lowest BCUT2D eigenvalue weighted by atomic mass is 10.2. The molecule has 13 heavy (non-hydrogen) atoms. The number of amides is 1. The monoisotopic (exact) mass is 196 g/mol. The molecule has 0 aliphatic rings. The Morgan fingerprint density at radius 2 is 2.62 bits per heavy atom. The summed E-state index contributed by atoms with van der Waals surface area (Å²) in [7, 11) is 0. The third kappa shape index (κ3) is 3.01. The lowest BCUT2D eigenvalue weighted by Crippen LogP contribution is -2.34. The summed E-state index contributed by atoms with van der Waals surface area (Å²) < 4.78 is 0. The highest BCUT2D eigenvalue weighted by Gasteiger charge is 2.11. The highest BCUT2D eigenvalue weighted by molar-refractivity contribution is 7.08. The molecule has 0 aliphatic carbocycles. The highest BCUT2D eigenvalue weighted by Crippen LogP contribution is 2.11. The second kappa shape index (κ2) is 4.79. The maximum Gasteiger partial charge on any atom is 0.241 e. The average Bonchev–Trinajstić information content (AvgIpc) is 2.57. The van der Waals surface area contributed by atoms with Crippen LogP contribution in [0.4, 0.5) is 5.69 Å². The van der Waals surface area contributed by atoms with Gasteiger partial charge in [-0.3, -0.25) is 4.79 Å². The van der Waals surface area contributed by atoms with Gasteiger partial charge in [0.1, 0.15) is 0 Å². The van der Waals surface area contributed by atoms with Gasteiger partial charge in [0.2, 0.25) is 5.91 Å². The third-order valence-electron chi connectivity index (χ3n) is 1.55. The first-order valence-electron chi connectivity index (χ1n) is 3.93. The van der Waals surface area contributed by atoms with Crippen LogP contribution in [-0.4, -0.2) is 11.9 Å². The molecule has 0 radical (unpaired) electrons. The molecule has 4 heteroatoms. The molecule has 0 bridgehead atoms. The zero-order chi connectivity index (χ0) is 9.68. The second-order valence-corrected chi connectivity index (χ2v) is 3.41. The Bertz CT molecular complexity index is 282. The Kier molecular flexibility index (Phi) is 3.67. The first-order chi connectivity index (χ1) is 6.24. The van der Waals surface area contributed by atoms with E-state index < -0.39 is 6.04 Å². The number of thiophene rings is 1. The molecule has 70 valence electrons. The van der Waals surface area contributed by atoms with E-state index in [1.807, 2.05) is 16.8 Å². The van der Waals surface area contributed by atoms with Gasteiger partial charge < -0.3 is 11.1 Å². The van der Waals surface area contributed by atoms with Gasteiger partial charge in [-0.1, -0.05) is 6.08 Å². The summed E-state index contributed by atoms with van der Waals surface area (Å²) >= 11 is 1.53. The van der Waals surface area contributed by atoms with Crippen LogP contribution in [0.15, 0.2) is 29.5 Å². The molecule has 0 saturated heterocycles. The van der Waals surface area contributed by atoms with Gasteiger partial charge in [0.25, 0.3) is 0 Å². The van der Waals surface area contributed by atoms with Crippen LogP contribution in [0.25, 0.3) is 0 Å². The quantitative estimate of drug-likeness (QED) is 0.718. The van der Waals surface area contributed by atoms with E-state index in [2.05, 4.69) is 11.9 Å². The molecule has 0 saturated carbocycles. The van der Waals surface area contributed by atoms with Crippen LogP contribution in [0.2, 0.25) is 0 Å². The van der Waals surface area contributed by atoms with Crippen LogP contribution in [0, 0.1) is 0 Å². The van der Waals surface area contributed by atoms with Crippen molar-refractivity contribution in [2.24, 2.45) is 5.73 Å². The fourth-order valence-corrected chi connectivity index (χ4v) is 1.44. The first kappa shape index (κ1) is 9.95. The first-order valence-corrected chi connectivity index (χ1v) is 4.88. The summed E-state index contributed by atoms with van der Waals surface area (Å²) in [6.45, 7) is 3.52. The van der Waals surface area contributed by atoms with Crippen molar-refractivity contribution in [2.75, 3.05) is 5.32 Å². The van der Waals surface area contributed by atoms with Gasteiger partial charge in [-0.15, -0.1) is 6.58 Å². The minimum atomic E-state index is -0.502. The maximum atomic E-state index is 11.3. The number of carbonyl (C=O) groups is 1. The maximum absolute atomic E-state index is 11.3. The SMILES string of the molecule is C=CCC(N)C(=O)Nc1ccsc1. The number of nitrogens with one attached hydrogen (secondary N) is 1. The Labute approximate surface area is 81.3 Å². The number of anilines is 1. The van der Waals surface area contributed by atoms with Crippen LogP contribution in [0.3, 0.4) is 0 Å². The van der Waals surface area contributed by atoms with Crippen LogP contribution in [0.5, 0.6) is 0 Å². The summed E-state index contributed by atoms with van der Waals surface area (Å²) in [6.07, 6.45) is 2.13. The van der Waals surface area contributed by atoms with Gasteiger partial charge in [0, 0.05) is 5.38 Å². The van der Waals surface area contributed by atoms with E-state index in [0.717, 1.165) is 5.69 Å². The lowest BCUT2D eigenvalue weighted by molar-refractivity contribution is -0.117. The predicted octanol–water partition coefficient (Wildman–Crippen LogP) is 1.59. The lowest BCUT2D eigenvalue weighted by Gasteiger charge is -2.08. The third-order valence-corrected chi connectivity index (χ3v) is 2.23. The fraction of sp³-hybridized carbons (Fsp3) is 0.222. The molecule has 0 fully saturated rings. The van der Waals surface area contributed by atoms with Crippen molar-refractivity contribution in [3.8, 4) is 0 Å². The van der Waals surface area contributed by atoms with Crippen molar-refractivity contribution in [3.63, 3.8) is 0 Å². The summed E-state index contributed by atoms with van der Waals surface area (Å²) in [5.41, 5.74) is 6.36. The van der Waals surface area contributed by atoms with Crippen LogP contribution in [-0.2, 0) is 4.79 Å². The molecule has 1 amide bonds. The van der Waals surface area contributed by atoms with E-state index in [-0.39, 0.29) is 5.91 Å². The predicted molar refractivity (Wildman–Crippen MR) is 55.7 cm³/mol. The fourth-order valence-electron chi connectivity index (χ4n) is 0.857. The zero-order valence-corrected chi connectivity index (χ0v) is 8.01. The van der Waals surface area contributed by atoms with Crippen LogP contribution >= 0.6 is 11.3 Å². The Balaban J connectivity index is 2.45. The zero-order valence-electron chi connectivity index (χ0n) is 7.19. The molecule has 1 unspecified atom stereocenters. The van der Waals surface area contributed by atoms with E-state index in [9.17, 15) is 4.79 Å². The topological polar surface area (TPSA) is 55.1 Å². The second-order valence-electron chi connectivity index (χ2n) is 2.63. The normalized spacial score (nSPS) is 12.1. The molecule has 1 aromatic rings. The van der Waals surface area contributed by atoms with Gasteiger partial charge in [0.15, 0.2) is 0 Å². The smallest absolute Gasteiger partial charge is 0.241 e. The Morgan fingerprint density at radius 1 is 1.85 bits per heavy atom. The number of hydrogen-bond donors (Lipinski definition) is 2. The number of rotatable bonds is 4. The Hall–Kier alpha value is -1.13. The number of carbonyl (C=O) groups excluding carboxylic acids is 1. The molecule has 1 aromatic heterocycles. The van der Waals surface area contributed by atoms with E-state index in [1.165, 1.54) is 11.3 Å². The van der Waals surface area contributed by atoms with Crippen molar-refractivity contribution >= 4 is 22.9 Å². The summed E-state index contributed by atoms with van der Waals surface area (Å²) in [6, 6.07) is 1.33. The van der Waals surface area contributed by atoms with E-state index in [0.29, 0.717) is 6.42 Å². The van der Waals surface area contributed by atoms with Crippen molar-refractivity contribution in [1.29, 1.82) is 0 Å². The summed E-state index contributed by atoms with van der Waals surface area (Å²) in [5.74, 6) is -0.168. The molecule has 1 heterocycles. The molecule has 0 aromatic carbocycles. The van der Waals surface area contributed by atoms with E-state index in [1.54, 1.807) is 6.08 Å². The molecule has 3 nitrogen and oxygen atoms in total. The van der Waals surface area contributed by atoms with Gasteiger partial charge in [0.05, 0.1) is 11.7 Å². The molecular weight excluding hydrogens is 184 g/mol. The van der Waals surface area contributed by atoms with Crippen molar-refractivity contribution in [2.45, 2.75) is 12.5 Å². The van der Waals surface area contributed by atoms with Gasteiger partial charge in [-0.2, -0.15) is 11.3 Å². The van der Waals surface area contributed by atoms with E-state index >= 15 is 0 Å². The van der Waals surface area contributed by atoms with Crippen molar-refractivity contribution in [1.82, 2.24) is 0 Å². The van der Waals surface area contributed by atoms with Crippen molar-refractivity contribution < 1.29 is 4.79 Å². The van der Waals surface area contributed by atoms with Crippen molar-refractivity contribution in [3.05, 3.63) is 29.5 Å². The standard InChI is InChI=1S/C9H12N2OS/c1-2-3-8(10)9(12)11-7-4-5-13-6-7/h2,4-6,8H,1,3,10H2,(H,11,12). The minimum Gasteiger partial charge on any atom is -0.324 e. The molecule has 0 spiro atoms. The minimum absolute atomic E-state index is 0.168.